The summed E-state index contributed by atoms with van der Waals surface area (Å²) in [7, 11) is 0. The normalized spacial score (nSPS) is 18.4. The van der Waals surface area contributed by atoms with Gasteiger partial charge in [-0.25, -0.2) is 14.8 Å². The molecule has 0 radical (unpaired) electrons. The van der Waals surface area contributed by atoms with Gasteiger partial charge in [-0.05, 0) is 43.8 Å². The Hall–Kier alpha value is -3.76. The summed E-state index contributed by atoms with van der Waals surface area (Å²) >= 11 is 0. The van der Waals surface area contributed by atoms with E-state index in [9.17, 15) is 18.0 Å². The van der Waals surface area contributed by atoms with Crippen LogP contribution in [0.4, 0.5) is 35.3 Å². The lowest BCUT2D eigenvalue weighted by Crippen LogP contribution is -2.48. The number of aromatic nitrogens is 3. The maximum Gasteiger partial charge on any atom is 0.417 e. The Kier molecular flexibility index (Phi) is 5.64. The average Bonchev–Trinajstić information content (AvgIpc) is 3.17. The van der Waals surface area contributed by atoms with Gasteiger partial charge in [0.25, 0.3) is 0 Å². The summed E-state index contributed by atoms with van der Waals surface area (Å²) in [5, 5.41) is 2.72. The number of fused-ring (bicyclic) bond motifs is 4. The second-order valence-electron chi connectivity index (χ2n) is 7.41. The Bertz CT molecular complexity index is 1100. The van der Waals surface area contributed by atoms with Crippen LogP contribution in [0.5, 0.6) is 0 Å². The number of halogens is 3. The van der Waals surface area contributed by atoms with E-state index in [4.69, 9.17) is 0 Å². The summed E-state index contributed by atoms with van der Waals surface area (Å²) in [6.45, 7) is 6.04. The van der Waals surface area contributed by atoms with Crippen molar-refractivity contribution in [1.82, 2.24) is 15.0 Å². The van der Waals surface area contributed by atoms with Crippen molar-refractivity contribution in [1.29, 1.82) is 0 Å². The smallest absolute Gasteiger partial charge is 0.366 e. The molecule has 1 N–H and O–H groups in total. The number of rotatable bonds is 4. The number of amides is 2. The molecule has 2 aromatic rings. The lowest BCUT2D eigenvalue weighted by atomic mass is 10.1. The Morgan fingerprint density at radius 3 is 2.84 bits per heavy atom. The quantitative estimate of drug-likeness (QED) is 0.569. The number of hydrogen-bond acceptors (Lipinski definition) is 6. The largest absolute Gasteiger partial charge is 0.417 e. The van der Waals surface area contributed by atoms with E-state index in [-0.39, 0.29) is 11.6 Å². The van der Waals surface area contributed by atoms with Gasteiger partial charge in [-0.3, -0.25) is 20.2 Å². The molecule has 0 spiro atoms. The molecule has 2 aliphatic rings. The molecule has 0 saturated carbocycles. The van der Waals surface area contributed by atoms with Crippen molar-refractivity contribution in [2.24, 2.45) is 4.99 Å². The highest BCUT2D eigenvalue weighted by Crippen LogP contribution is 2.40. The van der Waals surface area contributed by atoms with E-state index in [1.165, 1.54) is 25.5 Å². The van der Waals surface area contributed by atoms with Crippen molar-refractivity contribution < 1.29 is 18.0 Å². The third-order valence-electron chi connectivity index (χ3n) is 5.30. The van der Waals surface area contributed by atoms with Crippen LogP contribution in [-0.2, 0) is 0 Å². The maximum absolute atomic E-state index is 13.2. The molecule has 32 heavy (non-hydrogen) atoms. The molecule has 1 saturated heterocycles. The molecule has 166 valence electrons. The summed E-state index contributed by atoms with van der Waals surface area (Å²) in [4.78, 5) is 32.6. The van der Waals surface area contributed by atoms with Crippen molar-refractivity contribution >= 4 is 35.6 Å². The van der Waals surface area contributed by atoms with Crippen LogP contribution in [0.1, 0.15) is 19.0 Å². The van der Waals surface area contributed by atoms with Crippen LogP contribution in [0.25, 0.3) is 5.57 Å². The number of carbonyl (C=O) groups excluding carboxylic acids is 1. The Morgan fingerprint density at radius 2 is 2.16 bits per heavy atom. The van der Waals surface area contributed by atoms with Crippen LogP contribution in [-0.4, -0.2) is 53.0 Å². The SMILES string of the molecule is C=N/C=C(\C=C(/C)c1ccc2c(n1)N(C(=O)Nc1cnccn1)[C@H]1CCN2C1)C(F)(F)F. The minimum atomic E-state index is -4.58. The number of urea groups is 1. The van der Waals surface area contributed by atoms with Gasteiger partial charge >= 0.3 is 12.2 Å². The van der Waals surface area contributed by atoms with Crippen LogP contribution >= 0.6 is 0 Å². The van der Waals surface area contributed by atoms with E-state index >= 15 is 0 Å². The van der Waals surface area contributed by atoms with Crippen molar-refractivity contribution in [3.63, 3.8) is 0 Å². The van der Waals surface area contributed by atoms with Gasteiger partial charge < -0.3 is 4.90 Å². The van der Waals surface area contributed by atoms with E-state index in [2.05, 4.69) is 36.9 Å². The van der Waals surface area contributed by atoms with E-state index in [1.54, 1.807) is 17.0 Å². The molecule has 2 amide bonds. The van der Waals surface area contributed by atoms with Crippen LogP contribution in [0.3, 0.4) is 0 Å². The second-order valence-corrected chi connectivity index (χ2v) is 7.41. The number of alkyl halides is 3. The van der Waals surface area contributed by atoms with E-state index in [0.717, 1.165) is 24.7 Å². The van der Waals surface area contributed by atoms with Gasteiger partial charge in [-0.1, -0.05) is 0 Å². The van der Waals surface area contributed by atoms with Gasteiger partial charge in [-0.15, -0.1) is 0 Å². The molecule has 11 heteroatoms. The molecule has 4 heterocycles. The molecule has 8 nitrogen and oxygen atoms in total. The zero-order valence-corrected chi connectivity index (χ0v) is 17.2. The number of nitrogens with zero attached hydrogens (tertiary/aromatic N) is 6. The van der Waals surface area contributed by atoms with Crippen LogP contribution in [0.2, 0.25) is 0 Å². The fourth-order valence-electron chi connectivity index (χ4n) is 3.82. The maximum atomic E-state index is 13.2. The molecule has 1 fully saturated rings. The topological polar surface area (TPSA) is 86.6 Å². The number of aliphatic imine (C=N–C) groups is 1. The zero-order valence-electron chi connectivity index (χ0n) is 17.2. The van der Waals surface area contributed by atoms with Crippen molar-refractivity contribution in [3.8, 4) is 0 Å². The molecule has 2 aliphatic heterocycles. The van der Waals surface area contributed by atoms with Gasteiger partial charge in [0.15, 0.2) is 11.6 Å². The first-order valence-electron chi connectivity index (χ1n) is 9.82. The molecule has 2 aromatic heterocycles. The number of hydrogen-bond donors (Lipinski definition) is 1. The summed E-state index contributed by atoms with van der Waals surface area (Å²) in [5.41, 5.74) is 0.416. The summed E-state index contributed by atoms with van der Waals surface area (Å²) in [6.07, 6.45) is 2.18. The number of anilines is 3. The van der Waals surface area contributed by atoms with E-state index in [1.807, 2.05) is 0 Å². The highest BCUT2D eigenvalue weighted by atomic mass is 19.4. The van der Waals surface area contributed by atoms with Gasteiger partial charge in [0.2, 0.25) is 0 Å². The minimum Gasteiger partial charge on any atom is -0.366 e. The van der Waals surface area contributed by atoms with Crippen molar-refractivity contribution in [3.05, 3.63) is 54.3 Å². The highest BCUT2D eigenvalue weighted by Gasteiger charge is 2.40. The lowest BCUT2D eigenvalue weighted by molar-refractivity contribution is -0.0883. The highest BCUT2D eigenvalue weighted by molar-refractivity contribution is 6.04. The fourth-order valence-corrected chi connectivity index (χ4v) is 3.82. The molecular weight excluding hydrogens is 423 g/mol. The summed E-state index contributed by atoms with van der Waals surface area (Å²) < 4.78 is 39.7. The predicted octanol–water partition coefficient (Wildman–Crippen LogP) is 4.05. The monoisotopic (exact) mass is 443 g/mol. The van der Waals surface area contributed by atoms with Gasteiger partial charge in [0.1, 0.15) is 0 Å². The first-order chi connectivity index (χ1) is 15.3. The van der Waals surface area contributed by atoms with Crippen LogP contribution < -0.4 is 15.1 Å². The van der Waals surface area contributed by atoms with Gasteiger partial charge in [0, 0.05) is 31.7 Å². The number of nitrogens with one attached hydrogen (secondary N) is 1. The molecule has 2 bridgehead atoms. The molecule has 1 atom stereocenters. The Balaban J connectivity index is 1.70. The predicted molar refractivity (Wildman–Crippen MR) is 116 cm³/mol. The zero-order chi connectivity index (χ0) is 22.9. The molecule has 0 unspecified atom stereocenters. The van der Waals surface area contributed by atoms with Crippen molar-refractivity contribution in [2.45, 2.75) is 25.6 Å². The van der Waals surface area contributed by atoms with Crippen molar-refractivity contribution in [2.75, 3.05) is 28.2 Å². The second kappa shape index (κ2) is 8.40. The third-order valence-corrected chi connectivity index (χ3v) is 5.30. The average molecular weight is 443 g/mol. The first-order valence-corrected chi connectivity index (χ1v) is 9.82. The number of allylic oxidation sites excluding steroid dienone is 3. The Morgan fingerprint density at radius 1 is 1.34 bits per heavy atom. The molecule has 0 aromatic carbocycles. The van der Waals surface area contributed by atoms with E-state index in [0.29, 0.717) is 30.1 Å². The van der Waals surface area contributed by atoms with Gasteiger partial charge in [-0.2, -0.15) is 13.2 Å². The molecular formula is C21H20F3N7O. The van der Waals surface area contributed by atoms with Crippen LogP contribution in [0, 0.1) is 0 Å². The third kappa shape index (κ3) is 4.18. The van der Waals surface area contributed by atoms with Gasteiger partial charge in [0.05, 0.1) is 29.2 Å². The molecule has 0 aliphatic carbocycles. The first kappa shape index (κ1) is 21.5. The molecule has 4 rings (SSSR count). The van der Waals surface area contributed by atoms with Crippen LogP contribution in [0.15, 0.2) is 53.6 Å². The minimum absolute atomic E-state index is 0.109. The standard InChI is InChI=1S/C21H20F3N7O/c1-13(9-14(10-25-2)21(22,23)24)16-3-4-17-19(28-16)31(15-5-8-30(17)12-15)20(32)29-18-11-26-6-7-27-18/h3-4,6-7,9-11,15H,2,5,8,12H2,1H3,(H,27,29,32)/b13-9+,14-10+/t15-/m0/s1. The summed E-state index contributed by atoms with van der Waals surface area (Å²) in [5.74, 6) is 0.688. The fraction of sp³-hybridized carbons (Fsp3) is 0.286. The number of carbonyl (C=O) groups is 1. The lowest BCUT2D eigenvalue weighted by Gasteiger charge is -2.35. The number of pyridine rings is 1. The van der Waals surface area contributed by atoms with E-state index < -0.39 is 17.8 Å². The summed E-state index contributed by atoms with van der Waals surface area (Å²) in [6, 6.07) is 2.90. The Labute approximate surface area is 182 Å².